The minimum Gasteiger partial charge on any atom is -0.434 e. The summed E-state index contributed by atoms with van der Waals surface area (Å²) in [5, 5.41) is 5.23. The SMILES string of the molecule is CNCCC(=O)NCc1c(F)cccc1OC(F)F. The smallest absolute Gasteiger partial charge is 0.387 e. The summed E-state index contributed by atoms with van der Waals surface area (Å²) >= 11 is 0. The molecular formula is C12H15F3N2O2. The Balaban J connectivity index is 2.68. The third-order valence-corrected chi connectivity index (χ3v) is 2.36. The van der Waals surface area contributed by atoms with Gasteiger partial charge in [-0.2, -0.15) is 8.78 Å². The Bertz CT molecular complexity index is 427. The van der Waals surface area contributed by atoms with Crippen molar-refractivity contribution in [2.45, 2.75) is 19.6 Å². The molecule has 0 atom stereocenters. The summed E-state index contributed by atoms with van der Waals surface area (Å²) in [6.45, 7) is -2.76. The molecule has 2 N–H and O–H groups in total. The van der Waals surface area contributed by atoms with Crippen LogP contribution in [0.2, 0.25) is 0 Å². The summed E-state index contributed by atoms with van der Waals surface area (Å²) in [4.78, 5) is 11.4. The predicted octanol–water partition coefficient (Wildman–Crippen LogP) is 1.65. The summed E-state index contributed by atoms with van der Waals surface area (Å²) in [6, 6.07) is 3.61. The van der Waals surface area contributed by atoms with Crippen LogP contribution >= 0.6 is 0 Å². The fourth-order valence-electron chi connectivity index (χ4n) is 1.43. The van der Waals surface area contributed by atoms with E-state index in [-0.39, 0.29) is 30.2 Å². The summed E-state index contributed by atoms with van der Waals surface area (Å²) in [6.07, 6.45) is 0.218. The number of nitrogens with one attached hydrogen (secondary N) is 2. The van der Waals surface area contributed by atoms with E-state index >= 15 is 0 Å². The number of hydrogen-bond donors (Lipinski definition) is 2. The van der Waals surface area contributed by atoms with Gasteiger partial charge in [0, 0.05) is 25.1 Å². The van der Waals surface area contributed by atoms with Gasteiger partial charge < -0.3 is 15.4 Å². The normalized spacial score (nSPS) is 10.6. The van der Waals surface area contributed by atoms with Crippen molar-refractivity contribution in [1.29, 1.82) is 0 Å². The van der Waals surface area contributed by atoms with Crippen LogP contribution in [0.3, 0.4) is 0 Å². The number of alkyl halides is 2. The summed E-state index contributed by atoms with van der Waals surface area (Å²) < 4.78 is 42.0. The van der Waals surface area contributed by atoms with E-state index in [0.29, 0.717) is 6.54 Å². The van der Waals surface area contributed by atoms with Crippen molar-refractivity contribution in [2.75, 3.05) is 13.6 Å². The summed E-state index contributed by atoms with van der Waals surface area (Å²) in [7, 11) is 1.69. The second-order valence-electron chi connectivity index (χ2n) is 3.73. The van der Waals surface area contributed by atoms with Gasteiger partial charge in [-0.25, -0.2) is 4.39 Å². The number of rotatable bonds is 7. The van der Waals surface area contributed by atoms with E-state index in [1.165, 1.54) is 12.1 Å². The zero-order valence-electron chi connectivity index (χ0n) is 10.4. The van der Waals surface area contributed by atoms with Crippen LogP contribution in [0.1, 0.15) is 12.0 Å². The van der Waals surface area contributed by atoms with Crippen LogP contribution in [0, 0.1) is 5.82 Å². The Morgan fingerprint density at radius 1 is 1.42 bits per heavy atom. The molecule has 7 heteroatoms. The van der Waals surface area contributed by atoms with Gasteiger partial charge >= 0.3 is 6.61 Å². The molecule has 0 spiro atoms. The lowest BCUT2D eigenvalue weighted by molar-refractivity contribution is -0.121. The van der Waals surface area contributed by atoms with Crippen LogP contribution in [-0.4, -0.2) is 26.1 Å². The first-order valence-electron chi connectivity index (χ1n) is 5.68. The molecule has 1 amide bonds. The molecule has 0 saturated carbocycles. The zero-order valence-corrected chi connectivity index (χ0v) is 10.4. The number of amides is 1. The van der Waals surface area contributed by atoms with Crippen LogP contribution in [0.5, 0.6) is 5.75 Å². The van der Waals surface area contributed by atoms with Crippen molar-refractivity contribution >= 4 is 5.91 Å². The number of benzene rings is 1. The minimum absolute atomic E-state index is 0.0967. The van der Waals surface area contributed by atoms with E-state index in [4.69, 9.17) is 0 Å². The molecule has 0 aliphatic carbocycles. The highest BCUT2D eigenvalue weighted by Gasteiger charge is 2.14. The number of carbonyl (C=O) groups is 1. The largest absolute Gasteiger partial charge is 0.434 e. The second-order valence-corrected chi connectivity index (χ2v) is 3.73. The molecule has 4 nitrogen and oxygen atoms in total. The fourth-order valence-corrected chi connectivity index (χ4v) is 1.43. The van der Waals surface area contributed by atoms with Crippen LogP contribution < -0.4 is 15.4 Å². The van der Waals surface area contributed by atoms with Gasteiger partial charge in [-0.1, -0.05) is 6.07 Å². The van der Waals surface area contributed by atoms with Crippen molar-refractivity contribution in [3.8, 4) is 5.75 Å². The van der Waals surface area contributed by atoms with Gasteiger partial charge in [0.1, 0.15) is 11.6 Å². The van der Waals surface area contributed by atoms with Gasteiger partial charge in [0.25, 0.3) is 0 Å². The topological polar surface area (TPSA) is 50.4 Å². The van der Waals surface area contributed by atoms with Crippen LogP contribution in [0.25, 0.3) is 0 Å². The van der Waals surface area contributed by atoms with Crippen LogP contribution in [0.15, 0.2) is 18.2 Å². The maximum Gasteiger partial charge on any atom is 0.387 e. The third-order valence-electron chi connectivity index (χ3n) is 2.36. The molecule has 0 aliphatic heterocycles. The first kappa shape index (κ1) is 15.3. The number of ether oxygens (including phenoxy) is 1. The Labute approximate surface area is 108 Å². The lowest BCUT2D eigenvalue weighted by atomic mass is 10.2. The maximum atomic E-state index is 13.5. The van der Waals surface area contributed by atoms with E-state index in [9.17, 15) is 18.0 Å². The second kappa shape index (κ2) is 7.63. The maximum absolute atomic E-state index is 13.5. The van der Waals surface area contributed by atoms with Crippen LogP contribution in [-0.2, 0) is 11.3 Å². The first-order chi connectivity index (χ1) is 9.04. The van der Waals surface area contributed by atoms with Gasteiger partial charge in [0.05, 0.1) is 0 Å². The van der Waals surface area contributed by atoms with Gasteiger partial charge in [-0.15, -0.1) is 0 Å². The number of halogens is 3. The number of hydrogen-bond acceptors (Lipinski definition) is 3. The molecule has 0 saturated heterocycles. The highest BCUT2D eigenvalue weighted by Crippen LogP contribution is 2.23. The molecule has 0 bridgehead atoms. The molecule has 0 unspecified atom stereocenters. The van der Waals surface area contributed by atoms with Crippen molar-refractivity contribution < 1.29 is 22.7 Å². The average molecular weight is 276 g/mol. The number of carbonyl (C=O) groups excluding carboxylic acids is 1. The van der Waals surface area contributed by atoms with Crippen molar-refractivity contribution in [1.82, 2.24) is 10.6 Å². The molecule has 106 valence electrons. The molecular weight excluding hydrogens is 261 g/mol. The highest BCUT2D eigenvalue weighted by molar-refractivity contribution is 5.76. The van der Waals surface area contributed by atoms with E-state index in [1.54, 1.807) is 7.05 Å². The first-order valence-corrected chi connectivity index (χ1v) is 5.68. The third kappa shape index (κ3) is 5.17. The van der Waals surface area contributed by atoms with Gasteiger partial charge in [-0.3, -0.25) is 4.79 Å². The van der Waals surface area contributed by atoms with Gasteiger partial charge in [0.2, 0.25) is 5.91 Å². The molecule has 1 aromatic rings. The van der Waals surface area contributed by atoms with E-state index in [1.807, 2.05) is 0 Å². The predicted molar refractivity (Wildman–Crippen MR) is 63.4 cm³/mol. The Morgan fingerprint density at radius 2 is 2.16 bits per heavy atom. The Hall–Kier alpha value is -1.76. The van der Waals surface area contributed by atoms with Crippen molar-refractivity contribution in [3.05, 3.63) is 29.6 Å². The summed E-state index contributed by atoms with van der Waals surface area (Å²) in [5.41, 5.74) is -0.0967. The van der Waals surface area contributed by atoms with Gasteiger partial charge in [0.15, 0.2) is 0 Å². The molecule has 1 rings (SSSR count). The quantitative estimate of drug-likeness (QED) is 0.796. The van der Waals surface area contributed by atoms with E-state index in [0.717, 1.165) is 6.07 Å². The molecule has 0 aliphatic rings. The molecule has 19 heavy (non-hydrogen) atoms. The van der Waals surface area contributed by atoms with E-state index in [2.05, 4.69) is 15.4 Å². The lowest BCUT2D eigenvalue weighted by Crippen LogP contribution is -2.26. The van der Waals surface area contributed by atoms with E-state index < -0.39 is 12.4 Å². The van der Waals surface area contributed by atoms with Crippen molar-refractivity contribution in [3.63, 3.8) is 0 Å². The Kier molecular flexibility index (Phi) is 6.14. The zero-order chi connectivity index (χ0) is 14.3. The van der Waals surface area contributed by atoms with Gasteiger partial charge in [-0.05, 0) is 19.2 Å². The minimum atomic E-state index is -3.04. The lowest BCUT2D eigenvalue weighted by Gasteiger charge is -2.12. The molecule has 1 aromatic carbocycles. The molecule has 0 aromatic heterocycles. The summed E-state index contributed by atoms with van der Waals surface area (Å²) in [5.74, 6) is -1.28. The standard InChI is InChI=1S/C12H15F3N2O2/c1-16-6-5-11(18)17-7-8-9(13)3-2-4-10(8)19-12(14)15/h2-4,12,16H,5-7H2,1H3,(H,17,18). The molecule has 0 radical (unpaired) electrons. The Morgan fingerprint density at radius 3 is 2.79 bits per heavy atom. The van der Waals surface area contributed by atoms with Crippen molar-refractivity contribution in [2.24, 2.45) is 0 Å². The van der Waals surface area contributed by atoms with Crippen LogP contribution in [0.4, 0.5) is 13.2 Å². The highest BCUT2D eigenvalue weighted by atomic mass is 19.3. The average Bonchev–Trinajstić information content (AvgIpc) is 2.35. The fraction of sp³-hybridized carbons (Fsp3) is 0.417. The molecule has 0 heterocycles. The monoisotopic (exact) mass is 276 g/mol. The molecule has 0 fully saturated rings.